The third-order valence-corrected chi connectivity index (χ3v) is 2.55. The predicted molar refractivity (Wildman–Crippen MR) is 42.6 cm³/mol. The standard InChI is InChI=1S/C9H14N/c1-10-7-6-8-4-2-3-5-9(8)10/h6H,2-5,7H2,1H3/q+1. The summed E-state index contributed by atoms with van der Waals surface area (Å²) in [5, 5.41) is 0. The van der Waals surface area contributed by atoms with E-state index >= 15 is 0 Å². The molecule has 0 saturated heterocycles. The van der Waals surface area contributed by atoms with Gasteiger partial charge in [0.1, 0.15) is 7.05 Å². The highest BCUT2D eigenvalue weighted by Gasteiger charge is 2.24. The Bertz CT molecular complexity index is 211. The van der Waals surface area contributed by atoms with Crippen molar-refractivity contribution in [1.82, 2.24) is 0 Å². The Hall–Kier alpha value is -0.590. The molecule has 54 valence electrons. The summed E-state index contributed by atoms with van der Waals surface area (Å²) in [4.78, 5) is 0. The molecule has 1 heteroatoms. The molecule has 1 fully saturated rings. The minimum atomic E-state index is 1.16. The Kier molecular flexibility index (Phi) is 1.37. The molecule has 2 rings (SSSR count). The summed E-state index contributed by atoms with van der Waals surface area (Å²) in [7, 11) is 2.20. The van der Waals surface area contributed by atoms with Gasteiger partial charge in [-0.1, -0.05) is 0 Å². The van der Waals surface area contributed by atoms with Crippen molar-refractivity contribution in [2.45, 2.75) is 25.7 Å². The largest absolute Gasteiger partial charge is 0.232 e. The van der Waals surface area contributed by atoms with Gasteiger partial charge in [0.25, 0.3) is 0 Å². The Morgan fingerprint density at radius 2 is 2.10 bits per heavy atom. The lowest BCUT2D eigenvalue weighted by molar-refractivity contribution is -0.483. The van der Waals surface area contributed by atoms with Crippen molar-refractivity contribution in [3.63, 3.8) is 0 Å². The first-order valence-electron chi connectivity index (χ1n) is 4.14. The Labute approximate surface area is 62.1 Å². The summed E-state index contributed by atoms with van der Waals surface area (Å²) in [5.74, 6) is 0. The van der Waals surface area contributed by atoms with Crippen molar-refractivity contribution in [2.75, 3.05) is 13.6 Å². The van der Waals surface area contributed by atoms with Crippen LogP contribution >= 0.6 is 0 Å². The van der Waals surface area contributed by atoms with Crippen LogP contribution in [-0.2, 0) is 0 Å². The van der Waals surface area contributed by atoms with Crippen LogP contribution in [0.15, 0.2) is 11.6 Å². The van der Waals surface area contributed by atoms with E-state index in [9.17, 15) is 0 Å². The molecule has 0 aromatic heterocycles. The van der Waals surface area contributed by atoms with Gasteiger partial charge in [-0.2, -0.15) is 0 Å². The van der Waals surface area contributed by atoms with Crippen LogP contribution in [0.5, 0.6) is 0 Å². The van der Waals surface area contributed by atoms with Crippen molar-refractivity contribution in [1.29, 1.82) is 0 Å². The SMILES string of the molecule is C[N+]1=C2CCCCC2=CC1. The topological polar surface area (TPSA) is 3.01 Å². The monoisotopic (exact) mass is 136 g/mol. The smallest absolute Gasteiger partial charge is 0.179 e. The highest BCUT2D eigenvalue weighted by atomic mass is 15.0. The first-order valence-corrected chi connectivity index (χ1v) is 4.14. The molecule has 0 amide bonds. The van der Waals surface area contributed by atoms with Crippen molar-refractivity contribution < 1.29 is 4.58 Å². The normalized spacial score (nSPS) is 24.7. The number of nitrogens with zero attached hydrogens (tertiary/aromatic N) is 1. The van der Waals surface area contributed by atoms with Gasteiger partial charge < -0.3 is 0 Å². The molecule has 0 atom stereocenters. The van der Waals surface area contributed by atoms with Crippen LogP contribution in [-0.4, -0.2) is 23.9 Å². The van der Waals surface area contributed by atoms with Crippen LogP contribution in [0.4, 0.5) is 0 Å². The van der Waals surface area contributed by atoms with E-state index in [0.717, 1.165) is 6.54 Å². The van der Waals surface area contributed by atoms with Crippen molar-refractivity contribution >= 4 is 5.71 Å². The minimum Gasteiger partial charge on any atom is -0.232 e. The molecule has 0 N–H and O–H groups in total. The second-order valence-electron chi connectivity index (χ2n) is 3.26. The number of allylic oxidation sites excluding steroid dienone is 1. The van der Waals surface area contributed by atoms with Gasteiger partial charge in [-0.3, -0.25) is 0 Å². The second-order valence-corrected chi connectivity index (χ2v) is 3.26. The van der Waals surface area contributed by atoms with Crippen molar-refractivity contribution in [3.8, 4) is 0 Å². The third-order valence-electron chi connectivity index (χ3n) is 2.55. The third kappa shape index (κ3) is 0.808. The fourth-order valence-electron chi connectivity index (χ4n) is 1.93. The average molecular weight is 136 g/mol. The highest BCUT2D eigenvalue weighted by molar-refractivity contribution is 5.97. The summed E-state index contributed by atoms with van der Waals surface area (Å²) < 4.78 is 2.38. The van der Waals surface area contributed by atoms with Crippen LogP contribution in [0.2, 0.25) is 0 Å². The number of hydrogen-bond donors (Lipinski definition) is 0. The van der Waals surface area contributed by atoms with Gasteiger partial charge in [0, 0.05) is 12.0 Å². The summed E-state index contributed by atoms with van der Waals surface area (Å²) in [5.41, 5.74) is 3.25. The molecule has 1 saturated carbocycles. The molecule has 0 radical (unpaired) electrons. The van der Waals surface area contributed by atoms with E-state index in [-0.39, 0.29) is 0 Å². The van der Waals surface area contributed by atoms with Crippen molar-refractivity contribution in [2.24, 2.45) is 0 Å². The van der Waals surface area contributed by atoms with Gasteiger partial charge in [0.15, 0.2) is 12.3 Å². The molecule has 1 aliphatic heterocycles. The van der Waals surface area contributed by atoms with E-state index in [1.54, 1.807) is 11.3 Å². The van der Waals surface area contributed by atoms with Gasteiger partial charge in [0.2, 0.25) is 0 Å². The lowest BCUT2D eigenvalue weighted by Crippen LogP contribution is -2.15. The molecule has 2 aliphatic rings. The summed E-state index contributed by atoms with van der Waals surface area (Å²) >= 11 is 0. The fourth-order valence-corrected chi connectivity index (χ4v) is 1.93. The minimum absolute atomic E-state index is 1.16. The lowest BCUT2D eigenvalue weighted by atomic mass is 9.94. The molecule has 0 aromatic rings. The molecule has 0 bridgehead atoms. The fraction of sp³-hybridized carbons (Fsp3) is 0.667. The van der Waals surface area contributed by atoms with Gasteiger partial charge in [-0.25, -0.2) is 4.58 Å². The van der Waals surface area contributed by atoms with E-state index in [1.165, 1.54) is 25.7 Å². The number of likely N-dealkylation sites (N-methyl/N-ethyl adjacent to an activating group) is 1. The second kappa shape index (κ2) is 2.22. The van der Waals surface area contributed by atoms with E-state index in [2.05, 4.69) is 17.7 Å². The maximum atomic E-state index is 2.38. The maximum absolute atomic E-state index is 2.38. The zero-order valence-corrected chi connectivity index (χ0v) is 6.56. The van der Waals surface area contributed by atoms with Crippen molar-refractivity contribution in [3.05, 3.63) is 11.6 Å². The van der Waals surface area contributed by atoms with Crippen LogP contribution in [0.1, 0.15) is 25.7 Å². The highest BCUT2D eigenvalue weighted by Crippen LogP contribution is 2.23. The molecule has 1 heterocycles. The van der Waals surface area contributed by atoms with E-state index < -0.39 is 0 Å². The molecule has 0 unspecified atom stereocenters. The average Bonchev–Trinajstić information content (AvgIpc) is 2.34. The number of rotatable bonds is 0. The van der Waals surface area contributed by atoms with Crippen LogP contribution in [0.3, 0.4) is 0 Å². The molecular formula is C9H14N+. The number of fused-ring (bicyclic) bond motifs is 1. The van der Waals surface area contributed by atoms with Gasteiger partial charge in [-0.05, 0) is 25.3 Å². The first-order chi connectivity index (χ1) is 4.88. The zero-order chi connectivity index (χ0) is 6.97. The quantitative estimate of drug-likeness (QED) is 0.445. The molecule has 0 spiro atoms. The molecule has 10 heavy (non-hydrogen) atoms. The summed E-state index contributed by atoms with van der Waals surface area (Å²) in [6, 6.07) is 0. The van der Waals surface area contributed by atoms with Crippen LogP contribution in [0, 0.1) is 0 Å². The van der Waals surface area contributed by atoms with E-state index in [4.69, 9.17) is 0 Å². The van der Waals surface area contributed by atoms with Gasteiger partial charge >= 0.3 is 0 Å². The summed E-state index contributed by atoms with van der Waals surface area (Å²) in [6.07, 6.45) is 7.84. The molecule has 1 aliphatic carbocycles. The molecular weight excluding hydrogens is 122 g/mol. The number of hydrogen-bond acceptors (Lipinski definition) is 0. The lowest BCUT2D eigenvalue weighted by Gasteiger charge is -2.09. The molecule has 0 aromatic carbocycles. The maximum Gasteiger partial charge on any atom is 0.179 e. The van der Waals surface area contributed by atoms with E-state index in [0.29, 0.717) is 0 Å². The Morgan fingerprint density at radius 1 is 1.30 bits per heavy atom. The molecule has 1 nitrogen and oxygen atoms in total. The predicted octanol–water partition coefficient (Wildman–Crippen LogP) is 1.58. The zero-order valence-electron chi connectivity index (χ0n) is 6.56. The van der Waals surface area contributed by atoms with Crippen LogP contribution < -0.4 is 0 Å². The first kappa shape index (κ1) is 6.14. The van der Waals surface area contributed by atoms with E-state index in [1.807, 2.05) is 0 Å². The summed E-state index contributed by atoms with van der Waals surface area (Å²) in [6.45, 7) is 1.16. The van der Waals surface area contributed by atoms with Gasteiger partial charge in [-0.15, -0.1) is 0 Å². The van der Waals surface area contributed by atoms with Crippen LogP contribution in [0.25, 0.3) is 0 Å². The van der Waals surface area contributed by atoms with Gasteiger partial charge in [0.05, 0.1) is 0 Å². The Morgan fingerprint density at radius 3 is 2.90 bits per heavy atom. The Balaban J connectivity index is 2.29.